The van der Waals surface area contributed by atoms with Gasteiger partial charge in [0.1, 0.15) is 0 Å². The first-order valence-electron chi connectivity index (χ1n) is 7.30. The molecule has 0 saturated heterocycles. The number of methoxy groups -OCH3 is 2. The molecule has 0 bridgehead atoms. The summed E-state index contributed by atoms with van der Waals surface area (Å²) < 4.78 is 12.0. The lowest BCUT2D eigenvalue weighted by molar-refractivity contribution is 0.115. The van der Waals surface area contributed by atoms with E-state index in [9.17, 15) is 0 Å². The highest BCUT2D eigenvalue weighted by Gasteiger charge is 2.43. The molecule has 4 heteroatoms. The van der Waals surface area contributed by atoms with E-state index in [0.29, 0.717) is 13.2 Å². The van der Waals surface area contributed by atoms with Gasteiger partial charge in [-0.05, 0) is 52.9 Å². The molecule has 116 valence electrons. The fourth-order valence-corrected chi connectivity index (χ4v) is 3.87. The quantitative estimate of drug-likeness (QED) is 0.819. The lowest BCUT2D eigenvalue weighted by atomic mass is 9.76. The van der Waals surface area contributed by atoms with Crippen molar-refractivity contribution in [3.05, 3.63) is 52.0 Å². The van der Waals surface area contributed by atoms with Crippen molar-refractivity contribution in [2.75, 3.05) is 33.2 Å². The Kier molecular flexibility index (Phi) is 4.26. The number of hydrogen-bond acceptors (Lipinski definition) is 3. The van der Waals surface area contributed by atoms with E-state index in [1.54, 1.807) is 14.2 Å². The zero-order valence-electron chi connectivity index (χ0n) is 12.9. The number of halogens is 1. The van der Waals surface area contributed by atoms with Crippen LogP contribution in [0, 0.1) is 0 Å². The third-order valence-corrected chi connectivity index (χ3v) is 4.96. The van der Waals surface area contributed by atoms with Crippen LogP contribution in [0.5, 0.6) is 0 Å². The lowest BCUT2D eigenvalue weighted by Gasteiger charge is -2.31. The first-order chi connectivity index (χ1) is 10.6. The van der Waals surface area contributed by atoms with Crippen molar-refractivity contribution in [3.63, 3.8) is 0 Å². The summed E-state index contributed by atoms with van der Waals surface area (Å²) in [6.45, 7) is 1.28. The number of fused-ring (bicyclic) bond motifs is 3. The fraction of sp³-hybridized carbons (Fsp3) is 0.333. The van der Waals surface area contributed by atoms with E-state index >= 15 is 0 Å². The van der Waals surface area contributed by atoms with E-state index in [1.165, 1.54) is 22.3 Å². The molecular weight excluding hydrogens is 342 g/mol. The van der Waals surface area contributed by atoms with E-state index in [-0.39, 0.29) is 5.41 Å². The van der Waals surface area contributed by atoms with Crippen molar-refractivity contribution in [1.82, 2.24) is 0 Å². The van der Waals surface area contributed by atoms with Crippen LogP contribution in [-0.2, 0) is 14.9 Å². The molecule has 0 radical (unpaired) electrons. The summed E-state index contributed by atoms with van der Waals surface area (Å²) in [6.07, 6.45) is 0.858. The third kappa shape index (κ3) is 2.35. The number of rotatable bonds is 5. The van der Waals surface area contributed by atoms with Gasteiger partial charge in [-0.2, -0.15) is 0 Å². The largest absolute Gasteiger partial charge is 0.399 e. The van der Waals surface area contributed by atoms with E-state index in [1.807, 2.05) is 6.07 Å². The smallest absolute Gasteiger partial charge is 0.0601 e. The Morgan fingerprint density at radius 1 is 1.00 bits per heavy atom. The van der Waals surface area contributed by atoms with Gasteiger partial charge in [-0.25, -0.2) is 0 Å². The molecule has 1 aliphatic carbocycles. The predicted octanol–water partition coefficient (Wildman–Crippen LogP) is 3.98. The first kappa shape index (κ1) is 15.5. The molecule has 0 aliphatic heterocycles. The maximum atomic E-state index is 6.06. The van der Waals surface area contributed by atoms with Gasteiger partial charge < -0.3 is 15.2 Å². The maximum absolute atomic E-state index is 6.06. The molecule has 3 rings (SSSR count). The topological polar surface area (TPSA) is 44.5 Å². The van der Waals surface area contributed by atoms with Gasteiger partial charge in [0.2, 0.25) is 0 Å². The van der Waals surface area contributed by atoms with Gasteiger partial charge in [-0.3, -0.25) is 0 Å². The van der Waals surface area contributed by atoms with Gasteiger partial charge in [0.25, 0.3) is 0 Å². The molecule has 2 N–H and O–H groups in total. The number of anilines is 1. The molecule has 2 aromatic rings. The average molecular weight is 362 g/mol. The zero-order valence-corrected chi connectivity index (χ0v) is 14.4. The minimum atomic E-state index is -0.214. The van der Waals surface area contributed by atoms with E-state index in [0.717, 1.165) is 16.6 Å². The number of hydrogen-bond donors (Lipinski definition) is 1. The van der Waals surface area contributed by atoms with Crippen molar-refractivity contribution in [2.24, 2.45) is 0 Å². The Morgan fingerprint density at radius 2 is 1.68 bits per heavy atom. The lowest BCUT2D eigenvalue weighted by Crippen LogP contribution is -2.32. The highest BCUT2D eigenvalue weighted by atomic mass is 79.9. The molecule has 1 unspecified atom stereocenters. The Morgan fingerprint density at radius 3 is 2.36 bits per heavy atom. The van der Waals surface area contributed by atoms with Crippen LogP contribution in [-0.4, -0.2) is 27.4 Å². The van der Waals surface area contributed by atoms with Crippen molar-refractivity contribution in [3.8, 4) is 11.1 Å². The minimum Gasteiger partial charge on any atom is -0.399 e. The summed E-state index contributed by atoms with van der Waals surface area (Å²) >= 11 is 3.60. The second-order valence-electron chi connectivity index (χ2n) is 5.75. The normalized spacial score (nSPS) is 19.0. The number of benzene rings is 2. The van der Waals surface area contributed by atoms with Gasteiger partial charge in [-0.1, -0.05) is 28.1 Å². The molecule has 22 heavy (non-hydrogen) atoms. The number of nitrogens with two attached hydrogens (primary N) is 1. The molecule has 0 heterocycles. The zero-order chi connectivity index (χ0) is 15.7. The molecule has 1 atom stereocenters. The summed E-state index contributed by atoms with van der Waals surface area (Å²) in [5, 5.41) is 0. The minimum absolute atomic E-state index is 0.214. The Labute approximate surface area is 139 Å². The summed E-state index contributed by atoms with van der Waals surface area (Å²) in [7, 11) is 3.48. The van der Waals surface area contributed by atoms with Gasteiger partial charge >= 0.3 is 0 Å². The SMILES string of the molecule is COCCC1(COC)c2cc(N)ccc2-c2ccc(Br)cc21. The van der Waals surface area contributed by atoms with Crippen LogP contribution >= 0.6 is 15.9 Å². The van der Waals surface area contributed by atoms with Crippen LogP contribution in [0.3, 0.4) is 0 Å². The van der Waals surface area contributed by atoms with Gasteiger partial charge in [0, 0.05) is 36.4 Å². The summed E-state index contributed by atoms with van der Waals surface area (Å²) in [6, 6.07) is 12.6. The van der Waals surface area contributed by atoms with Crippen molar-refractivity contribution in [1.29, 1.82) is 0 Å². The van der Waals surface area contributed by atoms with Crippen LogP contribution in [0.25, 0.3) is 11.1 Å². The summed E-state index contributed by atoms with van der Waals surface area (Å²) in [5.74, 6) is 0. The Hall–Kier alpha value is -1.36. The maximum Gasteiger partial charge on any atom is 0.0601 e. The monoisotopic (exact) mass is 361 g/mol. The molecule has 2 aromatic carbocycles. The second kappa shape index (κ2) is 6.03. The van der Waals surface area contributed by atoms with Gasteiger partial charge in [-0.15, -0.1) is 0 Å². The predicted molar refractivity (Wildman–Crippen MR) is 93.1 cm³/mol. The fourth-order valence-electron chi connectivity index (χ4n) is 3.50. The standard InChI is InChI=1S/C18H20BrNO2/c1-21-8-7-18(11-22-2)16-9-12(19)3-5-14(16)15-6-4-13(20)10-17(15)18/h3-6,9-10H,7-8,11,20H2,1-2H3. The molecule has 0 aromatic heterocycles. The number of nitrogen functional groups attached to an aromatic ring is 1. The second-order valence-corrected chi connectivity index (χ2v) is 6.67. The summed E-state index contributed by atoms with van der Waals surface area (Å²) in [5.41, 5.74) is 11.6. The van der Waals surface area contributed by atoms with Gasteiger partial charge in [0.05, 0.1) is 6.61 Å². The van der Waals surface area contributed by atoms with Crippen molar-refractivity contribution >= 4 is 21.6 Å². The van der Waals surface area contributed by atoms with Crippen LogP contribution in [0.2, 0.25) is 0 Å². The van der Waals surface area contributed by atoms with Crippen molar-refractivity contribution in [2.45, 2.75) is 11.8 Å². The Bertz CT molecular complexity index is 648. The molecule has 0 amide bonds. The molecule has 1 aliphatic rings. The van der Waals surface area contributed by atoms with Gasteiger partial charge in [0.15, 0.2) is 0 Å². The van der Waals surface area contributed by atoms with Crippen LogP contribution in [0.15, 0.2) is 40.9 Å². The third-order valence-electron chi connectivity index (χ3n) is 4.47. The highest BCUT2D eigenvalue weighted by molar-refractivity contribution is 9.10. The Balaban J connectivity index is 2.27. The molecule has 0 fully saturated rings. The molecular formula is C18H20BrNO2. The molecule has 0 spiro atoms. The molecule has 3 nitrogen and oxygen atoms in total. The van der Waals surface area contributed by atoms with E-state index in [2.05, 4.69) is 46.3 Å². The van der Waals surface area contributed by atoms with Crippen LogP contribution in [0.4, 0.5) is 5.69 Å². The first-order valence-corrected chi connectivity index (χ1v) is 8.10. The highest BCUT2D eigenvalue weighted by Crippen LogP contribution is 2.52. The number of ether oxygens (including phenoxy) is 2. The molecule has 0 saturated carbocycles. The average Bonchev–Trinajstić information content (AvgIpc) is 2.76. The van der Waals surface area contributed by atoms with Crippen molar-refractivity contribution < 1.29 is 9.47 Å². The van der Waals surface area contributed by atoms with E-state index < -0.39 is 0 Å². The summed E-state index contributed by atoms with van der Waals surface area (Å²) in [4.78, 5) is 0. The van der Waals surface area contributed by atoms with Crippen LogP contribution < -0.4 is 5.73 Å². The van der Waals surface area contributed by atoms with E-state index in [4.69, 9.17) is 15.2 Å². The van der Waals surface area contributed by atoms with Crippen LogP contribution in [0.1, 0.15) is 17.5 Å².